The first-order valence-corrected chi connectivity index (χ1v) is 6.10. The van der Waals surface area contributed by atoms with Crippen LogP contribution in [0.15, 0.2) is 0 Å². The van der Waals surface area contributed by atoms with E-state index in [0.717, 1.165) is 32.5 Å². The Morgan fingerprint density at radius 3 is 2.47 bits per heavy atom. The third-order valence-corrected chi connectivity index (χ3v) is 2.63. The van der Waals surface area contributed by atoms with Crippen LogP contribution in [0.25, 0.3) is 0 Å². The predicted octanol–water partition coefficient (Wildman–Crippen LogP) is 1.86. The number of ether oxygens (including phenoxy) is 1. The maximum absolute atomic E-state index is 6.09. The van der Waals surface area contributed by atoms with E-state index in [1.54, 1.807) is 7.11 Å². The van der Waals surface area contributed by atoms with E-state index in [1.165, 1.54) is 6.42 Å². The SMILES string of the molecule is CCCN(CC(N)CCCOC)C(C)C. The fourth-order valence-electron chi connectivity index (χ4n) is 1.73. The maximum atomic E-state index is 6.09. The number of nitrogens with zero attached hydrogens (tertiary/aromatic N) is 1. The van der Waals surface area contributed by atoms with Crippen LogP contribution in [0.5, 0.6) is 0 Å². The van der Waals surface area contributed by atoms with Gasteiger partial charge in [-0.15, -0.1) is 0 Å². The number of hydrogen-bond donors (Lipinski definition) is 1. The van der Waals surface area contributed by atoms with Gasteiger partial charge in [0.2, 0.25) is 0 Å². The molecule has 2 N–H and O–H groups in total. The number of hydrogen-bond acceptors (Lipinski definition) is 3. The van der Waals surface area contributed by atoms with Crippen LogP contribution in [0, 0.1) is 0 Å². The van der Waals surface area contributed by atoms with Crippen LogP contribution in [-0.2, 0) is 4.74 Å². The summed E-state index contributed by atoms with van der Waals surface area (Å²) >= 11 is 0. The highest BCUT2D eigenvalue weighted by atomic mass is 16.5. The van der Waals surface area contributed by atoms with Gasteiger partial charge in [0.25, 0.3) is 0 Å². The molecule has 0 heterocycles. The highest BCUT2D eigenvalue weighted by Crippen LogP contribution is 2.04. The lowest BCUT2D eigenvalue weighted by Crippen LogP contribution is -2.41. The largest absolute Gasteiger partial charge is 0.385 e. The van der Waals surface area contributed by atoms with Gasteiger partial charge in [0, 0.05) is 32.3 Å². The molecular formula is C12H28N2O. The minimum Gasteiger partial charge on any atom is -0.385 e. The van der Waals surface area contributed by atoms with Gasteiger partial charge in [-0.3, -0.25) is 4.90 Å². The summed E-state index contributed by atoms with van der Waals surface area (Å²) in [7, 11) is 1.74. The molecule has 0 radical (unpaired) electrons. The summed E-state index contributed by atoms with van der Waals surface area (Å²) in [5.41, 5.74) is 6.09. The zero-order valence-electron chi connectivity index (χ0n) is 10.8. The van der Waals surface area contributed by atoms with Crippen molar-refractivity contribution in [1.29, 1.82) is 0 Å². The van der Waals surface area contributed by atoms with Crippen molar-refractivity contribution in [2.24, 2.45) is 5.73 Å². The Hall–Kier alpha value is -0.120. The topological polar surface area (TPSA) is 38.5 Å². The number of nitrogens with two attached hydrogens (primary N) is 1. The molecule has 0 aromatic rings. The van der Waals surface area contributed by atoms with Crippen molar-refractivity contribution in [1.82, 2.24) is 4.90 Å². The molecule has 92 valence electrons. The van der Waals surface area contributed by atoms with E-state index in [2.05, 4.69) is 25.7 Å². The fourth-order valence-corrected chi connectivity index (χ4v) is 1.73. The molecule has 0 saturated carbocycles. The lowest BCUT2D eigenvalue weighted by molar-refractivity contribution is 0.177. The Morgan fingerprint density at radius 1 is 1.33 bits per heavy atom. The van der Waals surface area contributed by atoms with Crippen LogP contribution in [-0.4, -0.2) is 43.8 Å². The van der Waals surface area contributed by atoms with Crippen molar-refractivity contribution in [2.75, 3.05) is 26.8 Å². The van der Waals surface area contributed by atoms with Gasteiger partial charge in [-0.2, -0.15) is 0 Å². The second-order valence-corrected chi connectivity index (χ2v) is 4.48. The third-order valence-electron chi connectivity index (χ3n) is 2.63. The van der Waals surface area contributed by atoms with E-state index in [9.17, 15) is 0 Å². The summed E-state index contributed by atoms with van der Waals surface area (Å²) < 4.78 is 5.02. The Labute approximate surface area is 95.0 Å². The summed E-state index contributed by atoms with van der Waals surface area (Å²) in [5.74, 6) is 0. The minimum absolute atomic E-state index is 0.286. The van der Waals surface area contributed by atoms with E-state index in [4.69, 9.17) is 10.5 Å². The molecule has 3 heteroatoms. The lowest BCUT2D eigenvalue weighted by atomic mass is 10.1. The Bertz CT molecular complexity index is 140. The Kier molecular flexibility index (Phi) is 9.06. The smallest absolute Gasteiger partial charge is 0.0462 e. The highest BCUT2D eigenvalue weighted by Gasteiger charge is 2.12. The normalized spacial score (nSPS) is 13.8. The van der Waals surface area contributed by atoms with Gasteiger partial charge in [-0.05, 0) is 39.7 Å². The molecule has 0 spiro atoms. The van der Waals surface area contributed by atoms with Crippen LogP contribution < -0.4 is 5.73 Å². The molecule has 0 aliphatic carbocycles. The summed E-state index contributed by atoms with van der Waals surface area (Å²) in [5, 5.41) is 0. The van der Waals surface area contributed by atoms with Crippen LogP contribution in [0.2, 0.25) is 0 Å². The van der Waals surface area contributed by atoms with Gasteiger partial charge in [0.05, 0.1) is 0 Å². The molecule has 0 rings (SSSR count). The van der Waals surface area contributed by atoms with Gasteiger partial charge in [0.1, 0.15) is 0 Å². The van der Waals surface area contributed by atoms with Crippen molar-refractivity contribution in [2.45, 2.75) is 52.1 Å². The second-order valence-electron chi connectivity index (χ2n) is 4.48. The molecule has 0 aliphatic heterocycles. The molecule has 0 aliphatic rings. The molecule has 3 nitrogen and oxygen atoms in total. The van der Waals surface area contributed by atoms with E-state index >= 15 is 0 Å². The zero-order valence-corrected chi connectivity index (χ0v) is 10.8. The van der Waals surface area contributed by atoms with Crippen LogP contribution in [0.1, 0.15) is 40.0 Å². The first-order valence-electron chi connectivity index (χ1n) is 6.10. The summed E-state index contributed by atoms with van der Waals surface area (Å²) in [6, 6.07) is 0.882. The quantitative estimate of drug-likeness (QED) is 0.598. The molecule has 0 fully saturated rings. The van der Waals surface area contributed by atoms with E-state index in [-0.39, 0.29) is 6.04 Å². The molecule has 0 amide bonds. The number of rotatable bonds is 9. The average molecular weight is 216 g/mol. The molecule has 1 unspecified atom stereocenters. The Balaban J connectivity index is 3.73. The standard InChI is InChI=1S/C12H28N2O/c1-5-8-14(11(2)3)10-12(13)7-6-9-15-4/h11-12H,5-10,13H2,1-4H3. The summed E-state index contributed by atoms with van der Waals surface area (Å²) in [4.78, 5) is 2.46. The van der Waals surface area contributed by atoms with Crippen molar-refractivity contribution < 1.29 is 4.74 Å². The summed E-state index contributed by atoms with van der Waals surface area (Å²) in [6.07, 6.45) is 3.32. The van der Waals surface area contributed by atoms with E-state index < -0.39 is 0 Å². The Morgan fingerprint density at radius 2 is 2.00 bits per heavy atom. The summed E-state index contributed by atoms with van der Waals surface area (Å²) in [6.45, 7) is 9.66. The van der Waals surface area contributed by atoms with Crippen LogP contribution in [0.3, 0.4) is 0 Å². The molecule has 0 bridgehead atoms. The van der Waals surface area contributed by atoms with Crippen molar-refractivity contribution in [3.05, 3.63) is 0 Å². The molecular weight excluding hydrogens is 188 g/mol. The van der Waals surface area contributed by atoms with Gasteiger partial charge in [-0.25, -0.2) is 0 Å². The molecule has 0 saturated heterocycles. The van der Waals surface area contributed by atoms with Gasteiger partial charge < -0.3 is 10.5 Å². The molecule has 1 atom stereocenters. The van der Waals surface area contributed by atoms with Gasteiger partial charge in [-0.1, -0.05) is 6.92 Å². The van der Waals surface area contributed by atoms with Gasteiger partial charge in [0.15, 0.2) is 0 Å². The van der Waals surface area contributed by atoms with Crippen LogP contribution in [0.4, 0.5) is 0 Å². The fraction of sp³-hybridized carbons (Fsp3) is 1.00. The van der Waals surface area contributed by atoms with Gasteiger partial charge >= 0.3 is 0 Å². The third kappa shape index (κ3) is 7.77. The lowest BCUT2D eigenvalue weighted by Gasteiger charge is -2.28. The highest BCUT2D eigenvalue weighted by molar-refractivity contribution is 4.70. The zero-order chi connectivity index (χ0) is 11.7. The predicted molar refractivity (Wildman–Crippen MR) is 66.1 cm³/mol. The molecule has 15 heavy (non-hydrogen) atoms. The molecule has 0 aromatic carbocycles. The van der Waals surface area contributed by atoms with E-state index in [0.29, 0.717) is 6.04 Å². The first kappa shape index (κ1) is 14.9. The number of methoxy groups -OCH3 is 1. The van der Waals surface area contributed by atoms with Crippen LogP contribution >= 0.6 is 0 Å². The van der Waals surface area contributed by atoms with E-state index in [1.807, 2.05) is 0 Å². The first-order chi connectivity index (χ1) is 7.11. The average Bonchev–Trinajstić information content (AvgIpc) is 2.17. The molecule has 0 aromatic heterocycles. The van der Waals surface area contributed by atoms with Crippen molar-refractivity contribution in [3.63, 3.8) is 0 Å². The second kappa shape index (κ2) is 9.13. The minimum atomic E-state index is 0.286. The maximum Gasteiger partial charge on any atom is 0.0462 e. The van der Waals surface area contributed by atoms with Crippen molar-refractivity contribution >= 4 is 0 Å². The monoisotopic (exact) mass is 216 g/mol. The van der Waals surface area contributed by atoms with Crippen molar-refractivity contribution in [3.8, 4) is 0 Å².